The molecule has 0 amide bonds. The number of piperidine rings is 1. The zero-order valence-corrected chi connectivity index (χ0v) is 10.9. The predicted molar refractivity (Wildman–Crippen MR) is 70.8 cm³/mol. The first kappa shape index (κ1) is 12.6. The van der Waals surface area contributed by atoms with E-state index in [1.54, 1.807) is 0 Å². The van der Waals surface area contributed by atoms with E-state index in [0.717, 1.165) is 19.5 Å². The molecule has 0 aliphatic carbocycles. The zero-order chi connectivity index (χ0) is 12.3. The van der Waals surface area contributed by atoms with Crippen molar-refractivity contribution in [2.24, 2.45) is 0 Å². The third-order valence-electron chi connectivity index (χ3n) is 3.66. The minimum Gasteiger partial charge on any atom is -0.389 e. The summed E-state index contributed by atoms with van der Waals surface area (Å²) in [6.45, 7) is 5.92. The SMILES string of the molecule is CC(C)(O)[C@@H]1CCCCN1Cc1ccccc1. The van der Waals surface area contributed by atoms with Crippen LogP contribution in [0.4, 0.5) is 0 Å². The van der Waals surface area contributed by atoms with E-state index in [1.165, 1.54) is 18.4 Å². The average Bonchev–Trinajstić information content (AvgIpc) is 2.30. The van der Waals surface area contributed by atoms with Crippen LogP contribution in [0.15, 0.2) is 30.3 Å². The molecule has 2 rings (SSSR count). The third-order valence-corrected chi connectivity index (χ3v) is 3.66. The van der Waals surface area contributed by atoms with E-state index >= 15 is 0 Å². The first-order chi connectivity index (χ1) is 8.07. The maximum absolute atomic E-state index is 10.2. The Hall–Kier alpha value is -0.860. The summed E-state index contributed by atoms with van der Waals surface area (Å²) in [5.74, 6) is 0. The molecule has 1 aliphatic rings. The molecule has 1 heterocycles. The van der Waals surface area contributed by atoms with Gasteiger partial charge in [-0.3, -0.25) is 4.90 Å². The summed E-state index contributed by atoms with van der Waals surface area (Å²) >= 11 is 0. The lowest BCUT2D eigenvalue weighted by atomic mass is 9.89. The largest absolute Gasteiger partial charge is 0.389 e. The Balaban J connectivity index is 2.07. The van der Waals surface area contributed by atoms with Gasteiger partial charge in [-0.2, -0.15) is 0 Å². The van der Waals surface area contributed by atoms with Crippen molar-refractivity contribution in [3.63, 3.8) is 0 Å². The van der Waals surface area contributed by atoms with Crippen LogP contribution in [0.3, 0.4) is 0 Å². The van der Waals surface area contributed by atoms with Crippen LogP contribution in [0.5, 0.6) is 0 Å². The molecule has 1 fully saturated rings. The Morgan fingerprint density at radius 3 is 2.59 bits per heavy atom. The topological polar surface area (TPSA) is 23.5 Å². The maximum atomic E-state index is 10.2. The van der Waals surface area contributed by atoms with Gasteiger partial charge in [-0.15, -0.1) is 0 Å². The number of nitrogens with zero attached hydrogens (tertiary/aromatic N) is 1. The summed E-state index contributed by atoms with van der Waals surface area (Å²) in [5.41, 5.74) is 0.735. The molecule has 1 aromatic carbocycles. The Morgan fingerprint density at radius 2 is 1.94 bits per heavy atom. The minimum atomic E-state index is -0.602. The normalized spacial score (nSPS) is 22.6. The van der Waals surface area contributed by atoms with Crippen molar-refractivity contribution in [1.29, 1.82) is 0 Å². The van der Waals surface area contributed by atoms with E-state index in [4.69, 9.17) is 0 Å². The standard InChI is InChI=1S/C15H23NO/c1-15(2,17)14-10-6-7-11-16(14)12-13-8-4-3-5-9-13/h3-5,8-9,14,17H,6-7,10-12H2,1-2H3/t14-/m0/s1. The summed E-state index contributed by atoms with van der Waals surface area (Å²) in [7, 11) is 0. The van der Waals surface area contributed by atoms with Gasteiger partial charge in [-0.05, 0) is 38.8 Å². The van der Waals surface area contributed by atoms with Crippen LogP contribution in [-0.4, -0.2) is 28.2 Å². The second-order valence-electron chi connectivity index (χ2n) is 5.62. The van der Waals surface area contributed by atoms with E-state index < -0.39 is 5.60 Å². The lowest BCUT2D eigenvalue weighted by Crippen LogP contribution is -2.51. The Bertz CT molecular complexity index is 342. The predicted octanol–water partition coefficient (Wildman–Crippen LogP) is 2.81. The van der Waals surface area contributed by atoms with E-state index in [1.807, 2.05) is 19.9 Å². The molecule has 0 unspecified atom stereocenters. The smallest absolute Gasteiger partial charge is 0.0746 e. The molecule has 2 heteroatoms. The summed E-state index contributed by atoms with van der Waals surface area (Å²) in [6.07, 6.45) is 3.59. The Labute approximate surface area is 104 Å². The van der Waals surface area contributed by atoms with E-state index in [2.05, 4.69) is 29.2 Å². The lowest BCUT2D eigenvalue weighted by Gasteiger charge is -2.42. The van der Waals surface area contributed by atoms with Gasteiger partial charge in [0.15, 0.2) is 0 Å². The van der Waals surface area contributed by atoms with Crippen LogP contribution >= 0.6 is 0 Å². The molecular formula is C15H23NO. The highest BCUT2D eigenvalue weighted by atomic mass is 16.3. The van der Waals surface area contributed by atoms with Gasteiger partial charge in [0.2, 0.25) is 0 Å². The molecule has 1 aromatic rings. The van der Waals surface area contributed by atoms with Gasteiger partial charge in [0.1, 0.15) is 0 Å². The van der Waals surface area contributed by atoms with Gasteiger partial charge >= 0.3 is 0 Å². The van der Waals surface area contributed by atoms with Gasteiger partial charge < -0.3 is 5.11 Å². The number of rotatable bonds is 3. The van der Waals surface area contributed by atoms with Crippen molar-refractivity contribution in [3.8, 4) is 0 Å². The minimum absolute atomic E-state index is 0.288. The number of benzene rings is 1. The van der Waals surface area contributed by atoms with Crippen molar-refractivity contribution in [2.45, 2.75) is 51.3 Å². The van der Waals surface area contributed by atoms with Crippen molar-refractivity contribution in [1.82, 2.24) is 4.90 Å². The average molecular weight is 233 g/mol. The number of hydrogen-bond donors (Lipinski definition) is 1. The molecule has 0 aromatic heterocycles. The summed E-state index contributed by atoms with van der Waals surface area (Å²) in [6, 6.07) is 10.8. The summed E-state index contributed by atoms with van der Waals surface area (Å²) < 4.78 is 0. The first-order valence-corrected chi connectivity index (χ1v) is 6.58. The van der Waals surface area contributed by atoms with Crippen LogP contribution in [0.1, 0.15) is 38.7 Å². The number of aliphatic hydroxyl groups is 1. The first-order valence-electron chi connectivity index (χ1n) is 6.58. The fraction of sp³-hybridized carbons (Fsp3) is 0.600. The molecule has 1 saturated heterocycles. The molecule has 94 valence electrons. The molecule has 0 bridgehead atoms. The third kappa shape index (κ3) is 3.30. The fourth-order valence-corrected chi connectivity index (χ4v) is 2.80. The monoisotopic (exact) mass is 233 g/mol. The molecule has 0 radical (unpaired) electrons. The summed E-state index contributed by atoms with van der Waals surface area (Å²) in [4.78, 5) is 2.43. The van der Waals surface area contributed by atoms with Gasteiger partial charge in [0.25, 0.3) is 0 Å². The molecule has 0 spiro atoms. The van der Waals surface area contributed by atoms with Crippen LogP contribution < -0.4 is 0 Å². The van der Waals surface area contributed by atoms with E-state index in [0.29, 0.717) is 0 Å². The van der Waals surface area contributed by atoms with Gasteiger partial charge in [0.05, 0.1) is 5.60 Å². The highest BCUT2D eigenvalue weighted by Crippen LogP contribution is 2.27. The van der Waals surface area contributed by atoms with Gasteiger partial charge in [-0.1, -0.05) is 36.8 Å². The quantitative estimate of drug-likeness (QED) is 0.867. The maximum Gasteiger partial charge on any atom is 0.0746 e. The van der Waals surface area contributed by atoms with E-state index in [-0.39, 0.29) is 6.04 Å². The number of hydrogen-bond acceptors (Lipinski definition) is 2. The lowest BCUT2D eigenvalue weighted by molar-refractivity contribution is -0.0397. The molecule has 2 nitrogen and oxygen atoms in total. The van der Waals surface area contributed by atoms with Gasteiger partial charge in [0, 0.05) is 12.6 Å². The van der Waals surface area contributed by atoms with E-state index in [9.17, 15) is 5.11 Å². The van der Waals surface area contributed by atoms with Crippen molar-refractivity contribution in [3.05, 3.63) is 35.9 Å². The summed E-state index contributed by atoms with van der Waals surface area (Å²) in [5, 5.41) is 10.2. The van der Waals surface area contributed by atoms with Gasteiger partial charge in [-0.25, -0.2) is 0 Å². The van der Waals surface area contributed by atoms with Crippen LogP contribution in [-0.2, 0) is 6.54 Å². The zero-order valence-electron chi connectivity index (χ0n) is 10.9. The Kier molecular flexibility index (Phi) is 3.85. The fourth-order valence-electron chi connectivity index (χ4n) is 2.80. The second kappa shape index (κ2) is 5.19. The molecule has 0 saturated carbocycles. The Morgan fingerprint density at radius 1 is 1.24 bits per heavy atom. The molecule has 1 atom stereocenters. The molecular weight excluding hydrogens is 210 g/mol. The molecule has 1 N–H and O–H groups in total. The molecule has 1 aliphatic heterocycles. The highest BCUT2D eigenvalue weighted by molar-refractivity contribution is 5.15. The van der Waals surface area contributed by atoms with Crippen LogP contribution in [0, 0.1) is 0 Å². The highest BCUT2D eigenvalue weighted by Gasteiger charge is 2.33. The van der Waals surface area contributed by atoms with Crippen LogP contribution in [0.25, 0.3) is 0 Å². The van der Waals surface area contributed by atoms with Crippen molar-refractivity contribution < 1.29 is 5.11 Å². The van der Waals surface area contributed by atoms with Crippen molar-refractivity contribution >= 4 is 0 Å². The molecule has 17 heavy (non-hydrogen) atoms. The second-order valence-corrected chi connectivity index (χ2v) is 5.62. The van der Waals surface area contributed by atoms with Crippen molar-refractivity contribution in [2.75, 3.05) is 6.54 Å². The van der Waals surface area contributed by atoms with Crippen LogP contribution in [0.2, 0.25) is 0 Å². The number of likely N-dealkylation sites (tertiary alicyclic amines) is 1.